The lowest BCUT2D eigenvalue weighted by atomic mass is 10.1. The van der Waals surface area contributed by atoms with E-state index in [0.29, 0.717) is 24.3 Å². The highest BCUT2D eigenvalue weighted by Crippen LogP contribution is 2.29. The SMILES string of the molecule is CC(C)C1N=NC2CCN(C(C)C)CN21. The molecular formula is C11H22N4. The molecule has 0 N–H and O–H groups in total. The van der Waals surface area contributed by atoms with E-state index in [2.05, 4.69) is 47.7 Å². The lowest BCUT2D eigenvalue weighted by Gasteiger charge is -2.40. The van der Waals surface area contributed by atoms with Crippen molar-refractivity contribution in [3.05, 3.63) is 0 Å². The molecular weight excluding hydrogens is 188 g/mol. The zero-order valence-corrected chi connectivity index (χ0v) is 10.2. The van der Waals surface area contributed by atoms with Crippen molar-refractivity contribution in [2.24, 2.45) is 16.1 Å². The fourth-order valence-electron chi connectivity index (χ4n) is 2.36. The first kappa shape index (κ1) is 11.0. The van der Waals surface area contributed by atoms with E-state index in [1.54, 1.807) is 0 Å². The largest absolute Gasteiger partial charge is 0.288 e. The first-order valence-corrected chi connectivity index (χ1v) is 5.99. The van der Waals surface area contributed by atoms with Gasteiger partial charge in [-0.2, -0.15) is 10.2 Å². The van der Waals surface area contributed by atoms with Crippen LogP contribution in [0.25, 0.3) is 0 Å². The third-order valence-corrected chi connectivity index (χ3v) is 3.39. The lowest BCUT2D eigenvalue weighted by molar-refractivity contribution is 0.00508. The molecule has 4 heteroatoms. The van der Waals surface area contributed by atoms with Crippen molar-refractivity contribution >= 4 is 0 Å². The average molecular weight is 210 g/mol. The normalized spacial score (nSPS) is 32.9. The molecule has 1 saturated heterocycles. The van der Waals surface area contributed by atoms with Crippen molar-refractivity contribution in [2.75, 3.05) is 13.2 Å². The van der Waals surface area contributed by atoms with Gasteiger partial charge in [-0.25, -0.2) is 4.90 Å². The molecule has 0 aromatic heterocycles. The van der Waals surface area contributed by atoms with Crippen LogP contribution in [0.15, 0.2) is 10.2 Å². The second-order valence-electron chi connectivity index (χ2n) is 5.22. The van der Waals surface area contributed by atoms with Crippen molar-refractivity contribution < 1.29 is 0 Å². The van der Waals surface area contributed by atoms with Gasteiger partial charge in [0.05, 0.1) is 6.67 Å². The van der Waals surface area contributed by atoms with Crippen LogP contribution in [0.4, 0.5) is 0 Å². The third kappa shape index (κ3) is 2.06. The molecule has 0 amide bonds. The number of azo groups is 1. The Bertz CT molecular complexity index is 249. The number of fused-ring (bicyclic) bond motifs is 1. The highest BCUT2D eigenvalue weighted by atomic mass is 15.5. The number of hydrogen-bond acceptors (Lipinski definition) is 4. The maximum atomic E-state index is 4.40. The predicted molar refractivity (Wildman–Crippen MR) is 60.4 cm³/mol. The van der Waals surface area contributed by atoms with E-state index in [0.717, 1.165) is 19.6 Å². The maximum absolute atomic E-state index is 4.40. The van der Waals surface area contributed by atoms with Gasteiger partial charge in [-0.1, -0.05) is 13.8 Å². The topological polar surface area (TPSA) is 31.2 Å². The summed E-state index contributed by atoms with van der Waals surface area (Å²) >= 11 is 0. The zero-order chi connectivity index (χ0) is 11.0. The summed E-state index contributed by atoms with van der Waals surface area (Å²) in [6, 6.07) is 0.624. The number of rotatable bonds is 2. The summed E-state index contributed by atoms with van der Waals surface area (Å²) in [4.78, 5) is 4.94. The van der Waals surface area contributed by atoms with Crippen molar-refractivity contribution in [1.82, 2.24) is 9.80 Å². The Morgan fingerprint density at radius 2 is 1.87 bits per heavy atom. The summed E-state index contributed by atoms with van der Waals surface area (Å²) in [7, 11) is 0. The van der Waals surface area contributed by atoms with Crippen LogP contribution in [0.2, 0.25) is 0 Å². The first-order valence-electron chi connectivity index (χ1n) is 5.99. The van der Waals surface area contributed by atoms with E-state index in [1.165, 1.54) is 0 Å². The maximum Gasteiger partial charge on any atom is 0.128 e. The molecule has 2 heterocycles. The van der Waals surface area contributed by atoms with E-state index < -0.39 is 0 Å². The Kier molecular flexibility index (Phi) is 3.07. The van der Waals surface area contributed by atoms with Crippen LogP contribution in [0.3, 0.4) is 0 Å². The van der Waals surface area contributed by atoms with E-state index in [4.69, 9.17) is 0 Å². The van der Waals surface area contributed by atoms with Gasteiger partial charge in [0.2, 0.25) is 0 Å². The molecule has 0 aromatic rings. The third-order valence-electron chi connectivity index (χ3n) is 3.39. The molecule has 2 aliphatic heterocycles. The number of nitrogens with zero attached hydrogens (tertiary/aromatic N) is 4. The Morgan fingerprint density at radius 1 is 1.13 bits per heavy atom. The van der Waals surface area contributed by atoms with Gasteiger partial charge in [0.15, 0.2) is 0 Å². The standard InChI is InChI=1S/C11H22N4/c1-8(2)11-13-12-10-5-6-14(9(3)4)7-15(10)11/h8-11H,5-7H2,1-4H3. The molecule has 0 spiro atoms. The summed E-state index contributed by atoms with van der Waals surface area (Å²) in [6.45, 7) is 11.1. The minimum absolute atomic E-state index is 0.302. The molecule has 0 saturated carbocycles. The minimum Gasteiger partial charge on any atom is -0.288 e. The fourth-order valence-corrected chi connectivity index (χ4v) is 2.36. The molecule has 1 fully saturated rings. The van der Waals surface area contributed by atoms with Crippen molar-refractivity contribution in [3.63, 3.8) is 0 Å². The van der Waals surface area contributed by atoms with Crippen LogP contribution in [0.5, 0.6) is 0 Å². The Balaban J connectivity index is 2.03. The average Bonchev–Trinajstić information content (AvgIpc) is 2.59. The smallest absolute Gasteiger partial charge is 0.128 e. The molecule has 0 radical (unpaired) electrons. The van der Waals surface area contributed by atoms with Gasteiger partial charge in [0.1, 0.15) is 12.3 Å². The van der Waals surface area contributed by atoms with Crippen LogP contribution >= 0.6 is 0 Å². The molecule has 4 nitrogen and oxygen atoms in total. The van der Waals surface area contributed by atoms with E-state index in [9.17, 15) is 0 Å². The molecule has 2 rings (SSSR count). The second-order valence-corrected chi connectivity index (χ2v) is 5.22. The van der Waals surface area contributed by atoms with E-state index >= 15 is 0 Å². The van der Waals surface area contributed by atoms with Gasteiger partial charge in [-0.05, 0) is 26.2 Å². The predicted octanol–water partition coefficient (Wildman–Crippen LogP) is 2.13. The summed E-state index contributed by atoms with van der Waals surface area (Å²) in [5.41, 5.74) is 0. The summed E-state index contributed by atoms with van der Waals surface area (Å²) < 4.78 is 0. The van der Waals surface area contributed by atoms with Crippen LogP contribution < -0.4 is 0 Å². The van der Waals surface area contributed by atoms with Crippen LogP contribution in [0.1, 0.15) is 34.1 Å². The van der Waals surface area contributed by atoms with Gasteiger partial charge in [0, 0.05) is 12.6 Å². The van der Waals surface area contributed by atoms with E-state index in [-0.39, 0.29) is 0 Å². The molecule has 0 aromatic carbocycles. The van der Waals surface area contributed by atoms with Crippen molar-refractivity contribution in [1.29, 1.82) is 0 Å². The highest BCUT2D eigenvalue weighted by molar-refractivity contribution is 4.87. The molecule has 0 aliphatic carbocycles. The monoisotopic (exact) mass is 210 g/mol. The molecule has 2 atom stereocenters. The molecule has 86 valence electrons. The molecule has 2 aliphatic rings. The van der Waals surface area contributed by atoms with Crippen molar-refractivity contribution in [3.8, 4) is 0 Å². The zero-order valence-electron chi connectivity index (χ0n) is 10.2. The Morgan fingerprint density at radius 3 is 2.47 bits per heavy atom. The summed E-state index contributed by atoms with van der Waals surface area (Å²) in [5, 5.41) is 8.78. The second kappa shape index (κ2) is 4.18. The van der Waals surface area contributed by atoms with Gasteiger partial charge >= 0.3 is 0 Å². The highest BCUT2D eigenvalue weighted by Gasteiger charge is 2.38. The van der Waals surface area contributed by atoms with Gasteiger partial charge in [-0.3, -0.25) is 4.90 Å². The van der Waals surface area contributed by atoms with Crippen LogP contribution in [-0.4, -0.2) is 41.4 Å². The van der Waals surface area contributed by atoms with Gasteiger partial charge in [-0.15, -0.1) is 0 Å². The van der Waals surface area contributed by atoms with Crippen LogP contribution in [0, 0.1) is 5.92 Å². The van der Waals surface area contributed by atoms with Gasteiger partial charge in [0.25, 0.3) is 0 Å². The first-order chi connectivity index (χ1) is 7.09. The van der Waals surface area contributed by atoms with Gasteiger partial charge < -0.3 is 0 Å². The minimum atomic E-state index is 0.302. The Labute approximate surface area is 92.3 Å². The molecule has 15 heavy (non-hydrogen) atoms. The van der Waals surface area contributed by atoms with Crippen molar-refractivity contribution in [2.45, 2.75) is 52.5 Å². The quantitative estimate of drug-likeness (QED) is 0.699. The lowest BCUT2D eigenvalue weighted by Crippen LogP contribution is -2.53. The number of hydrogen-bond donors (Lipinski definition) is 0. The summed E-state index contributed by atoms with van der Waals surface area (Å²) in [5.74, 6) is 0.561. The fraction of sp³-hybridized carbons (Fsp3) is 1.00. The van der Waals surface area contributed by atoms with Crippen LogP contribution in [-0.2, 0) is 0 Å². The van der Waals surface area contributed by atoms with E-state index in [1.807, 2.05) is 0 Å². The Hall–Kier alpha value is -0.480. The summed E-state index contributed by atoms with van der Waals surface area (Å²) in [6.07, 6.45) is 1.79. The molecule has 2 unspecified atom stereocenters. The molecule has 0 bridgehead atoms.